The highest BCUT2D eigenvalue weighted by molar-refractivity contribution is 6.31. The summed E-state index contributed by atoms with van der Waals surface area (Å²) in [5.41, 5.74) is 1.45. The van der Waals surface area contributed by atoms with Crippen molar-refractivity contribution in [1.82, 2.24) is 4.90 Å². The summed E-state index contributed by atoms with van der Waals surface area (Å²) in [4.78, 5) is 31.3. The summed E-state index contributed by atoms with van der Waals surface area (Å²) in [5.74, 6) is -1.65. The average Bonchev–Trinajstić information content (AvgIpc) is 3.36. The van der Waals surface area contributed by atoms with Crippen LogP contribution in [0, 0.1) is 11.2 Å². The lowest BCUT2D eigenvalue weighted by molar-refractivity contribution is -0.127. The van der Waals surface area contributed by atoms with Crippen LogP contribution in [0.3, 0.4) is 0 Å². The van der Waals surface area contributed by atoms with Crippen LogP contribution in [0.15, 0.2) is 60.7 Å². The van der Waals surface area contributed by atoms with Crippen LogP contribution in [-0.2, 0) is 15.0 Å². The first-order chi connectivity index (χ1) is 20.3. The van der Waals surface area contributed by atoms with Crippen LogP contribution in [0.1, 0.15) is 81.9 Å². The third kappa shape index (κ3) is 4.51. The van der Waals surface area contributed by atoms with Gasteiger partial charge in [-0.15, -0.1) is 0 Å². The number of fused-ring (bicyclic) bond motifs is 3. The number of amides is 2. The quantitative estimate of drug-likeness (QED) is 0.307. The molecule has 2 aliphatic heterocycles. The normalized spacial score (nSPS) is 25.7. The summed E-state index contributed by atoms with van der Waals surface area (Å²) in [6, 6.07) is 17.2. The van der Waals surface area contributed by atoms with Gasteiger partial charge in [0.1, 0.15) is 11.2 Å². The minimum atomic E-state index is -1.27. The van der Waals surface area contributed by atoms with E-state index in [1.165, 1.54) is 6.07 Å². The number of anilines is 2. The molecule has 3 atom stereocenters. The highest BCUT2D eigenvalue weighted by atomic mass is 35.5. The van der Waals surface area contributed by atoms with Gasteiger partial charge in [0.2, 0.25) is 11.8 Å². The number of nitrogens with zero attached hydrogens (tertiary/aromatic N) is 1. The summed E-state index contributed by atoms with van der Waals surface area (Å²) in [6.07, 6.45) is 3.03. The molecule has 2 fully saturated rings. The lowest BCUT2D eigenvalue weighted by Crippen LogP contribution is -2.61. The number of carbonyl (C=O) groups excluding carboxylic acids is 2. The summed E-state index contributed by atoms with van der Waals surface area (Å²) in [5, 5.41) is 6.67. The largest absolute Gasteiger partial charge is 0.325 e. The van der Waals surface area contributed by atoms with Crippen molar-refractivity contribution in [2.75, 3.05) is 17.7 Å². The number of hydrogen-bond donors (Lipinski definition) is 2. The van der Waals surface area contributed by atoms with Gasteiger partial charge in [-0.2, -0.15) is 0 Å². The van der Waals surface area contributed by atoms with E-state index in [-0.39, 0.29) is 27.8 Å². The maximum Gasteiger partial charge on any atom is 0.242 e. The fraction of sp³-hybridized carbons (Fsp3) is 0.429. The lowest BCUT2D eigenvalue weighted by Gasteiger charge is -2.53. The van der Waals surface area contributed by atoms with Crippen molar-refractivity contribution in [2.24, 2.45) is 5.41 Å². The van der Waals surface area contributed by atoms with E-state index in [1.54, 1.807) is 24.3 Å². The van der Waals surface area contributed by atoms with Gasteiger partial charge in [0.05, 0.1) is 11.1 Å². The molecule has 1 saturated heterocycles. The molecule has 2 heterocycles. The van der Waals surface area contributed by atoms with Crippen LogP contribution in [0.4, 0.5) is 15.8 Å². The summed E-state index contributed by atoms with van der Waals surface area (Å²) < 4.78 is 16.2. The smallest absolute Gasteiger partial charge is 0.242 e. The van der Waals surface area contributed by atoms with Gasteiger partial charge in [-0.25, -0.2) is 4.39 Å². The lowest BCUT2D eigenvalue weighted by atomic mass is 9.53. The van der Waals surface area contributed by atoms with Crippen molar-refractivity contribution in [3.05, 3.63) is 93.2 Å². The predicted octanol–water partition coefficient (Wildman–Crippen LogP) is 8.52. The Bertz CT molecular complexity index is 1600. The van der Waals surface area contributed by atoms with Crippen LogP contribution >= 0.6 is 23.2 Å². The maximum absolute atomic E-state index is 16.2. The van der Waals surface area contributed by atoms with Gasteiger partial charge in [0, 0.05) is 27.9 Å². The molecule has 0 aromatic heterocycles. The number of hydrogen-bond acceptors (Lipinski definition) is 3. The minimum Gasteiger partial charge on any atom is -0.325 e. The van der Waals surface area contributed by atoms with E-state index < -0.39 is 28.7 Å². The Hall–Kier alpha value is -2.93. The molecule has 1 aliphatic carbocycles. The molecule has 8 heteroatoms. The number of likely N-dealkylation sites (tertiary alicyclic amines) is 1. The molecule has 0 bridgehead atoms. The Morgan fingerprint density at radius 3 is 2.35 bits per heavy atom. The van der Waals surface area contributed by atoms with Crippen molar-refractivity contribution in [1.29, 1.82) is 0 Å². The van der Waals surface area contributed by atoms with E-state index in [2.05, 4.69) is 43.2 Å². The van der Waals surface area contributed by atoms with Gasteiger partial charge < -0.3 is 10.6 Å². The molecule has 2 amide bonds. The first kappa shape index (κ1) is 30.1. The number of likely N-dealkylation sites (N-methyl/N-ethyl adjacent to an activating group) is 1. The van der Waals surface area contributed by atoms with E-state index in [9.17, 15) is 9.59 Å². The van der Waals surface area contributed by atoms with E-state index in [0.29, 0.717) is 35.2 Å². The van der Waals surface area contributed by atoms with Crippen LogP contribution in [0.5, 0.6) is 0 Å². The van der Waals surface area contributed by atoms with E-state index >= 15 is 4.39 Å². The molecule has 2 N–H and O–H groups in total. The standard InChI is InChI=1S/C35H38Cl2FN3O2/c1-20(2)21-9-12-23(13-10-21)39-31(42)30-28(24-7-6-8-26(37)29(24)38)35(25-14-11-22(36)19-27(25)40-32(35)43)34(41(30)5)17-15-33(3,4)16-18-34/h6-14,19-20,28,30H,15-18H2,1-5H3,(H,39,42)(H,40,43)/t28-,30+,35+/m0/s1. The van der Waals surface area contributed by atoms with Gasteiger partial charge in [-0.1, -0.05) is 81.2 Å². The molecule has 3 aromatic carbocycles. The van der Waals surface area contributed by atoms with Gasteiger partial charge in [0.15, 0.2) is 0 Å². The van der Waals surface area contributed by atoms with Crippen molar-refractivity contribution >= 4 is 46.4 Å². The van der Waals surface area contributed by atoms with Crippen molar-refractivity contribution < 1.29 is 14.0 Å². The molecule has 5 nitrogen and oxygen atoms in total. The molecular weight excluding hydrogens is 584 g/mol. The zero-order chi connectivity index (χ0) is 30.9. The van der Waals surface area contributed by atoms with Gasteiger partial charge in [-0.05, 0) is 91.1 Å². The summed E-state index contributed by atoms with van der Waals surface area (Å²) in [6.45, 7) is 8.71. The fourth-order valence-electron chi connectivity index (χ4n) is 8.12. The van der Waals surface area contributed by atoms with E-state index in [4.69, 9.17) is 23.2 Å². The molecule has 0 radical (unpaired) electrons. The average molecular weight is 623 g/mol. The molecule has 1 saturated carbocycles. The van der Waals surface area contributed by atoms with Crippen molar-refractivity contribution in [3.8, 4) is 0 Å². The highest BCUT2D eigenvalue weighted by Gasteiger charge is 2.75. The molecule has 226 valence electrons. The second-order valence-electron chi connectivity index (χ2n) is 13.6. The van der Waals surface area contributed by atoms with Gasteiger partial charge in [-0.3, -0.25) is 14.5 Å². The van der Waals surface area contributed by atoms with Crippen LogP contribution in [0.2, 0.25) is 10.0 Å². The van der Waals surface area contributed by atoms with Crippen molar-refractivity contribution in [3.63, 3.8) is 0 Å². The summed E-state index contributed by atoms with van der Waals surface area (Å²) in [7, 11) is 1.93. The Balaban J connectivity index is 1.58. The predicted molar refractivity (Wildman–Crippen MR) is 172 cm³/mol. The number of benzene rings is 3. The van der Waals surface area contributed by atoms with Gasteiger partial charge in [0.25, 0.3) is 0 Å². The zero-order valence-electron chi connectivity index (χ0n) is 25.2. The Kier molecular flexibility index (Phi) is 7.43. The van der Waals surface area contributed by atoms with E-state index in [0.717, 1.165) is 24.0 Å². The van der Waals surface area contributed by atoms with Gasteiger partial charge >= 0.3 is 0 Å². The third-order valence-corrected chi connectivity index (χ3v) is 11.0. The Morgan fingerprint density at radius 2 is 1.70 bits per heavy atom. The Labute approximate surface area is 263 Å². The molecule has 3 aliphatic rings. The zero-order valence-corrected chi connectivity index (χ0v) is 26.7. The second kappa shape index (κ2) is 10.6. The molecule has 43 heavy (non-hydrogen) atoms. The van der Waals surface area contributed by atoms with Crippen molar-refractivity contribution in [2.45, 2.75) is 82.2 Å². The Morgan fingerprint density at radius 1 is 1.02 bits per heavy atom. The molecule has 2 spiro atoms. The number of rotatable bonds is 4. The third-order valence-electron chi connectivity index (χ3n) is 10.5. The molecule has 0 unspecified atom stereocenters. The number of halogens is 3. The monoisotopic (exact) mass is 621 g/mol. The number of nitrogens with one attached hydrogen (secondary N) is 2. The first-order valence-electron chi connectivity index (χ1n) is 15.0. The molecule has 6 rings (SSSR count). The van der Waals surface area contributed by atoms with Crippen LogP contribution in [0.25, 0.3) is 0 Å². The molecule has 3 aromatic rings. The van der Waals surface area contributed by atoms with E-state index in [1.807, 2.05) is 37.4 Å². The summed E-state index contributed by atoms with van der Waals surface area (Å²) >= 11 is 12.8. The second-order valence-corrected chi connectivity index (χ2v) is 14.4. The first-order valence-corrected chi connectivity index (χ1v) is 15.8. The van der Waals surface area contributed by atoms with Crippen LogP contribution < -0.4 is 10.6 Å². The maximum atomic E-state index is 16.2. The minimum absolute atomic E-state index is 0.0424. The SMILES string of the molecule is CC(C)c1ccc(NC(=O)[C@H]2[C@H](c3cccc(Cl)c3F)[C@]3(C(=O)Nc4cc(Cl)ccc43)C3(CCC(C)(C)CC3)N2C)cc1. The number of carbonyl (C=O) groups is 2. The topological polar surface area (TPSA) is 61.4 Å². The highest BCUT2D eigenvalue weighted by Crippen LogP contribution is 2.67. The van der Waals surface area contributed by atoms with Crippen LogP contribution in [-0.4, -0.2) is 35.3 Å². The molecular formula is C35H38Cl2FN3O2. The fourth-order valence-corrected chi connectivity index (χ4v) is 8.47.